The van der Waals surface area contributed by atoms with Crippen LogP contribution in [0.5, 0.6) is 0 Å². The van der Waals surface area contributed by atoms with Crippen molar-refractivity contribution in [3.8, 4) is 0 Å². The third-order valence-electron chi connectivity index (χ3n) is 4.82. The molecule has 0 saturated carbocycles. The van der Waals surface area contributed by atoms with E-state index < -0.39 is 10.0 Å². The molecule has 1 heterocycles. The summed E-state index contributed by atoms with van der Waals surface area (Å²) < 4.78 is 5.62. The molecule has 2 atom stereocenters. The van der Waals surface area contributed by atoms with Crippen LogP contribution in [0, 0.1) is 0 Å². The molecule has 23 heavy (non-hydrogen) atoms. The second kappa shape index (κ2) is 8.18. The highest BCUT2D eigenvalue weighted by Gasteiger charge is 2.40. The van der Waals surface area contributed by atoms with Gasteiger partial charge in [0.15, 0.2) is 0 Å². The maximum Gasteiger partial charge on any atom is 0.349 e. The molecule has 0 aliphatic carbocycles. The minimum atomic E-state index is -1.52. The van der Waals surface area contributed by atoms with Crippen LogP contribution < -0.4 is 0 Å². The molecule has 130 valence electrons. The molecule has 0 spiro atoms. The molecule has 0 aromatic heterocycles. The Morgan fingerprint density at radius 2 is 2.04 bits per heavy atom. The van der Waals surface area contributed by atoms with Crippen molar-refractivity contribution in [1.29, 1.82) is 0 Å². The first-order chi connectivity index (χ1) is 11.0. The molecule has 5 heteroatoms. The van der Waals surface area contributed by atoms with Gasteiger partial charge in [-0.15, -0.1) is 10.0 Å². The average molecular weight is 340 g/mol. The van der Waals surface area contributed by atoms with Crippen LogP contribution in [0.4, 0.5) is 4.79 Å². The molecule has 1 saturated heterocycles. The van der Waals surface area contributed by atoms with E-state index in [1.165, 1.54) is 0 Å². The molecule has 1 aliphatic heterocycles. The molecule has 0 unspecified atom stereocenters. The number of carbonyl (C=O) groups excluding carboxylic acids is 1. The van der Waals surface area contributed by atoms with Crippen molar-refractivity contribution in [2.75, 3.05) is 32.2 Å². The van der Waals surface area contributed by atoms with Gasteiger partial charge in [-0.1, -0.05) is 30.3 Å². The van der Waals surface area contributed by atoms with Crippen molar-refractivity contribution in [2.45, 2.75) is 37.7 Å². The van der Waals surface area contributed by atoms with Gasteiger partial charge in [-0.05, 0) is 44.4 Å². The van der Waals surface area contributed by atoms with E-state index in [2.05, 4.69) is 24.3 Å². The van der Waals surface area contributed by atoms with Gasteiger partial charge in [-0.25, -0.2) is 4.79 Å². The van der Waals surface area contributed by atoms with Gasteiger partial charge in [0.1, 0.15) is 6.61 Å². The third kappa shape index (κ3) is 4.49. The Hall–Kier alpha value is -1.04. The van der Waals surface area contributed by atoms with Gasteiger partial charge in [-0.2, -0.15) is 0 Å². The van der Waals surface area contributed by atoms with Gasteiger partial charge in [0.2, 0.25) is 0 Å². The average Bonchev–Trinajstić information content (AvgIpc) is 2.55. The number of hydrogen-bond donors (Lipinski definition) is 1. The first-order valence-corrected chi connectivity index (χ1v) is 10.8. The molecule has 1 fully saturated rings. The predicted molar refractivity (Wildman–Crippen MR) is 97.2 cm³/mol. The lowest BCUT2D eigenvalue weighted by atomic mass is 10.0. The van der Waals surface area contributed by atoms with E-state index in [1.807, 2.05) is 30.3 Å². The van der Waals surface area contributed by atoms with Crippen LogP contribution >= 0.6 is 10.0 Å². The summed E-state index contributed by atoms with van der Waals surface area (Å²) in [7, 11) is -1.52. The number of aliphatic hydroxyl groups is 1. The summed E-state index contributed by atoms with van der Waals surface area (Å²) in [5.41, 5.74) is 1.02. The fourth-order valence-corrected chi connectivity index (χ4v) is 5.92. The summed E-state index contributed by atoms with van der Waals surface area (Å²) >= 11 is 0. The molecule has 0 bridgehead atoms. The third-order valence-corrected chi connectivity index (χ3v) is 7.94. The predicted octanol–water partition coefficient (Wildman–Crippen LogP) is 3.23. The number of β-amino-alcohol motifs (C(OH)–C–C–N with tert-alkyl or cyclic N) is 1. The van der Waals surface area contributed by atoms with Crippen LogP contribution in [-0.2, 0) is 11.3 Å². The Morgan fingerprint density at radius 1 is 1.35 bits per heavy atom. The van der Waals surface area contributed by atoms with E-state index in [0.717, 1.165) is 24.9 Å². The standard InChI is InChI=1S/C18H29NO3S/c1-15-17(10-7-11-19(15)12-13-20)23(2,3)18(21)22-14-16-8-5-4-6-9-16/h4-6,8-9,15,17,20H,7,10-14H2,1-3H3/t15-,17-/m1/s1. The van der Waals surface area contributed by atoms with Crippen LogP contribution in [0.15, 0.2) is 30.3 Å². The zero-order valence-electron chi connectivity index (χ0n) is 14.4. The van der Waals surface area contributed by atoms with Crippen LogP contribution in [0.1, 0.15) is 25.3 Å². The largest absolute Gasteiger partial charge is 0.454 e. The first kappa shape index (κ1) is 18.3. The molecule has 1 aliphatic rings. The van der Waals surface area contributed by atoms with E-state index in [1.54, 1.807) is 0 Å². The highest BCUT2D eigenvalue weighted by atomic mass is 32.3. The Morgan fingerprint density at radius 3 is 2.70 bits per heavy atom. The molecule has 1 aromatic carbocycles. The summed E-state index contributed by atoms with van der Waals surface area (Å²) in [6, 6.07) is 10.1. The minimum Gasteiger partial charge on any atom is -0.454 e. The Balaban J connectivity index is 1.99. The number of aliphatic hydroxyl groups excluding tert-OH is 1. The van der Waals surface area contributed by atoms with Crippen LogP contribution in [0.3, 0.4) is 0 Å². The van der Waals surface area contributed by atoms with E-state index in [0.29, 0.717) is 24.4 Å². The SMILES string of the molecule is C[C@@H]1[C@H](S(C)(C)C(=O)OCc2ccccc2)CCCN1CCO. The highest BCUT2D eigenvalue weighted by Crippen LogP contribution is 2.52. The first-order valence-electron chi connectivity index (χ1n) is 8.24. The summed E-state index contributed by atoms with van der Waals surface area (Å²) in [5, 5.41) is 9.49. The Bertz CT molecular complexity index is 504. The lowest BCUT2D eigenvalue weighted by Gasteiger charge is -2.47. The maximum atomic E-state index is 12.7. The van der Waals surface area contributed by atoms with Crippen molar-refractivity contribution >= 4 is 15.3 Å². The lowest BCUT2D eigenvalue weighted by molar-refractivity contribution is 0.129. The number of benzene rings is 1. The molecule has 1 N–H and O–H groups in total. The number of rotatable bonds is 5. The highest BCUT2D eigenvalue weighted by molar-refractivity contribution is 8.44. The summed E-state index contributed by atoms with van der Waals surface area (Å²) in [6.45, 7) is 4.39. The van der Waals surface area contributed by atoms with Crippen molar-refractivity contribution in [3.05, 3.63) is 35.9 Å². The topological polar surface area (TPSA) is 49.8 Å². The molecule has 0 radical (unpaired) electrons. The molecular weight excluding hydrogens is 310 g/mol. The number of carbonyl (C=O) groups is 1. The maximum absolute atomic E-state index is 12.7. The Labute approximate surface area is 141 Å². The van der Waals surface area contributed by atoms with Gasteiger partial charge in [-0.3, -0.25) is 4.90 Å². The second-order valence-electron chi connectivity index (χ2n) is 6.61. The zero-order valence-corrected chi connectivity index (χ0v) is 15.2. The smallest absolute Gasteiger partial charge is 0.349 e. The molecule has 2 rings (SSSR count). The van der Waals surface area contributed by atoms with Gasteiger partial charge >= 0.3 is 5.30 Å². The van der Waals surface area contributed by atoms with Gasteiger partial charge in [0.25, 0.3) is 0 Å². The minimum absolute atomic E-state index is 0.0518. The van der Waals surface area contributed by atoms with Gasteiger partial charge in [0, 0.05) is 17.8 Å². The van der Waals surface area contributed by atoms with E-state index >= 15 is 0 Å². The van der Waals surface area contributed by atoms with E-state index in [9.17, 15) is 9.90 Å². The van der Waals surface area contributed by atoms with Crippen molar-refractivity contribution in [2.24, 2.45) is 0 Å². The molecule has 4 nitrogen and oxygen atoms in total. The number of hydrogen-bond acceptors (Lipinski definition) is 4. The normalized spacial score (nSPS) is 23.5. The lowest BCUT2D eigenvalue weighted by Crippen LogP contribution is -2.49. The zero-order chi connectivity index (χ0) is 16.9. The van der Waals surface area contributed by atoms with Crippen LogP contribution in [0.25, 0.3) is 0 Å². The molecular formula is C18H29NO3S. The van der Waals surface area contributed by atoms with Crippen molar-refractivity contribution in [3.63, 3.8) is 0 Å². The molecule has 0 amide bonds. The van der Waals surface area contributed by atoms with E-state index in [4.69, 9.17) is 4.74 Å². The van der Waals surface area contributed by atoms with E-state index in [-0.39, 0.29) is 11.9 Å². The fraction of sp³-hybridized carbons (Fsp3) is 0.611. The number of ether oxygens (including phenoxy) is 1. The summed E-state index contributed by atoms with van der Waals surface area (Å²) in [4.78, 5) is 15.0. The summed E-state index contributed by atoms with van der Waals surface area (Å²) in [6.07, 6.45) is 6.29. The quantitative estimate of drug-likeness (QED) is 0.837. The number of piperidine rings is 1. The fourth-order valence-electron chi connectivity index (χ4n) is 3.40. The Kier molecular flexibility index (Phi) is 6.50. The van der Waals surface area contributed by atoms with Gasteiger partial charge < -0.3 is 9.84 Å². The second-order valence-corrected chi connectivity index (χ2v) is 10.4. The van der Waals surface area contributed by atoms with Crippen molar-refractivity contribution in [1.82, 2.24) is 4.90 Å². The summed E-state index contributed by atoms with van der Waals surface area (Å²) in [5.74, 6) is 0. The van der Waals surface area contributed by atoms with Crippen LogP contribution in [-0.4, -0.2) is 58.8 Å². The number of nitrogens with zero attached hydrogens (tertiary/aromatic N) is 1. The number of likely N-dealkylation sites (tertiary alicyclic amines) is 1. The van der Waals surface area contributed by atoms with Crippen LogP contribution in [0.2, 0.25) is 0 Å². The molecule has 1 aromatic rings. The monoisotopic (exact) mass is 339 g/mol. The van der Waals surface area contributed by atoms with Gasteiger partial charge in [0.05, 0.1) is 6.61 Å². The van der Waals surface area contributed by atoms with Crippen molar-refractivity contribution < 1.29 is 14.6 Å².